The molecule has 0 aliphatic carbocycles. The number of fused-ring (bicyclic) bond motifs is 2. The number of aromatic amines is 1. The summed E-state index contributed by atoms with van der Waals surface area (Å²) in [7, 11) is 0. The molecule has 0 amide bonds. The summed E-state index contributed by atoms with van der Waals surface area (Å²) in [6, 6.07) is 8.39. The first-order valence-corrected chi connectivity index (χ1v) is 8.12. The molecule has 4 rings (SSSR count). The Hall–Kier alpha value is -1.00. The molecule has 2 aliphatic heterocycles. The SMILES string of the molecule is C[C@]12CSC[C@H]1CN(Cc1[nH]nc3ccccc13)C2. The Morgan fingerprint density at radius 2 is 2.37 bits per heavy atom. The maximum atomic E-state index is 4.39. The standard InChI is InChI=1S/C15H19N3S/c1-15-9-18(6-11(15)8-19-10-15)7-14-12-4-2-3-5-13(12)16-17-14/h2-5,11H,6-10H2,1H3,(H,16,17)/t11-,15+/m1/s1. The molecule has 0 bridgehead atoms. The smallest absolute Gasteiger partial charge is 0.0924 e. The second kappa shape index (κ2) is 4.25. The summed E-state index contributed by atoms with van der Waals surface area (Å²) in [5, 5.41) is 8.89. The molecule has 0 saturated carbocycles. The molecule has 100 valence electrons. The molecule has 2 saturated heterocycles. The second-order valence-electron chi connectivity index (χ2n) is 6.26. The Bertz CT molecular complexity index is 608. The van der Waals surface area contributed by atoms with E-state index in [4.69, 9.17) is 0 Å². The average Bonchev–Trinajstić information content (AvgIpc) is 3.02. The quantitative estimate of drug-likeness (QED) is 0.913. The van der Waals surface area contributed by atoms with E-state index >= 15 is 0 Å². The van der Waals surface area contributed by atoms with Crippen LogP contribution in [0.5, 0.6) is 0 Å². The van der Waals surface area contributed by atoms with Crippen molar-refractivity contribution in [3.63, 3.8) is 0 Å². The van der Waals surface area contributed by atoms with Crippen LogP contribution in [0.3, 0.4) is 0 Å². The lowest BCUT2D eigenvalue weighted by Crippen LogP contribution is -2.26. The number of nitrogens with one attached hydrogen (secondary N) is 1. The minimum absolute atomic E-state index is 0.542. The van der Waals surface area contributed by atoms with Gasteiger partial charge in [-0.05, 0) is 23.2 Å². The molecule has 19 heavy (non-hydrogen) atoms. The molecule has 2 atom stereocenters. The number of para-hydroxylation sites is 1. The van der Waals surface area contributed by atoms with Crippen molar-refractivity contribution < 1.29 is 0 Å². The molecule has 3 heterocycles. The van der Waals surface area contributed by atoms with Gasteiger partial charge in [-0.3, -0.25) is 10.00 Å². The van der Waals surface area contributed by atoms with Gasteiger partial charge in [-0.2, -0.15) is 16.9 Å². The Labute approximate surface area is 117 Å². The predicted octanol–water partition coefficient (Wildman–Crippen LogP) is 2.75. The predicted molar refractivity (Wildman–Crippen MR) is 80.3 cm³/mol. The molecule has 0 radical (unpaired) electrons. The van der Waals surface area contributed by atoms with Crippen molar-refractivity contribution in [2.45, 2.75) is 13.5 Å². The second-order valence-corrected chi connectivity index (χ2v) is 7.29. The fraction of sp³-hybridized carbons (Fsp3) is 0.533. The van der Waals surface area contributed by atoms with Gasteiger partial charge in [0.25, 0.3) is 0 Å². The molecular weight excluding hydrogens is 254 g/mol. The Balaban J connectivity index is 1.56. The van der Waals surface area contributed by atoms with Crippen molar-refractivity contribution in [1.29, 1.82) is 0 Å². The normalized spacial score (nSPS) is 31.1. The van der Waals surface area contributed by atoms with E-state index < -0.39 is 0 Å². The van der Waals surface area contributed by atoms with Crippen LogP contribution in [0.15, 0.2) is 24.3 Å². The lowest BCUT2D eigenvalue weighted by atomic mass is 9.84. The third-order valence-electron chi connectivity index (χ3n) is 4.72. The van der Waals surface area contributed by atoms with E-state index in [1.807, 2.05) is 6.07 Å². The summed E-state index contributed by atoms with van der Waals surface area (Å²) in [6.45, 7) is 5.95. The fourth-order valence-electron chi connectivity index (χ4n) is 3.57. The molecule has 2 fully saturated rings. The number of likely N-dealkylation sites (tertiary alicyclic amines) is 1. The van der Waals surface area contributed by atoms with Crippen molar-refractivity contribution in [2.24, 2.45) is 11.3 Å². The van der Waals surface area contributed by atoms with Crippen LogP contribution in [0.2, 0.25) is 0 Å². The van der Waals surface area contributed by atoms with Crippen LogP contribution in [-0.2, 0) is 6.54 Å². The number of rotatable bonds is 2. The molecule has 1 N–H and O–H groups in total. The van der Waals surface area contributed by atoms with Crippen LogP contribution >= 0.6 is 11.8 Å². The lowest BCUT2D eigenvalue weighted by Gasteiger charge is -2.22. The molecular formula is C15H19N3S. The van der Waals surface area contributed by atoms with E-state index in [0.717, 1.165) is 18.0 Å². The van der Waals surface area contributed by atoms with Gasteiger partial charge in [0.1, 0.15) is 0 Å². The van der Waals surface area contributed by atoms with Gasteiger partial charge in [0, 0.05) is 30.8 Å². The van der Waals surface area contributed by atoms with Gasteiger partial charge in [-0.1, -0.05) is 25.1 Å². The van der Waals surface area contributed by atoms with Crippen LogP contribution in [-0.4, -0.2) is 39.7 Å². The summed E-state index contributed by atoms with van der Waals surface area (Å²) in [6.07, 6.45) is 0. The maximum absolute atomic E-state index is 4.39. The molecule has 2 aromatic rings. The van der Waals surface area contributed by atoms with Crippen molar-refractivity contribution in [1.82, 2.24) is 15.1 Å². The summed E-state index contributed by atoms with van der Waals surface area (Å²) in [4.78, 5) is 2.60. The van der Waals surface area contributed by atoms with Crippen molar-refractivity contribution >= 4 is 22.7 Å². The zero-order valence-electron chi connectivity index (χ0n) is 11.2. The first-order chi connectivity index (χ1) is 9.24. The fourth-order valence-corrected chi connectivity index (χ4v) is 5.27. The highest BCUT2D eigenvalue weighted by molar-refractivity contribution is 7.99. The average molecular weight is 273 g/mol. The van der Waals surface area contributed by atoms with Gasteiger partial charge < -0.3 is 0 Å². The first kappa shape index (κ1) is 11.8. The van der Waals surface area contributed by atoms with Gasteiger partial charge in [-0.25, -0.2) is 0 Å². The Kier molecular flexibility index (Phi) is 2.64. The topological polar surface area (TPSA) is 31.9 Å². The van der Waals surface area contributed by atoms with Crippen molar-refractivity contribution in [3.8, 4) is 0 Å². The number of thioether (sulfide) groups is 1. The Morgan fingerprint density at radius 1 is 1.47 bits per heavy atom. The van der Waals surface area contributed by atoms with Crippen molar-refractivity contribution in [3.05, 3.63) is 30.0 Å². The number of hydrogen-bond donors (Lipinski definition) is 1. The number of hydrogen-bond acceptors (Lipinski definition) is 3. The van der Waals surface area contributed by atoms with E-state index in [9.17, 15) is 0 Å². The van der Waals surface area contributed by atoms with Crippen molar-refractivity contribution in [2.75, 3.05) is 24.6 Å². The van der Waals surface area contributed by atoms with Gasteiger partial charge in [-0.15, -0.1) is 0 Å². The van der Waals surface area contributed by atoms with Gasteiger partial charge >= 0.3 is 0 Å². The molecule has 0 spiro atoms. The molecule has 3 nitrogen and oxygen atoms in total. The number of H-pyrrole nitrogens is 1. The van der Waals surface area contributed by atoms with E-state index in [-0.39, 0.29) is 0 Å². The van der Waals surface area contributed by atoms with E-state index in [2.05, 4.69) is 52.0 Å². The van der Waals surface area contributed by atoms with Crippen LogP contribution in [0.1, 0.15) is 12.6 Å². The summed E-state index contributed by atoms with van der Waals surface area (Å²) < 4.78 is 0. The van der Waals surface area contributed by atoms with E-state index in [1.54, 1.807) is 0 Å². The molecule has 0 unspecified atom stereocenters. The third kappa shape index (κ3) is 1.89. The molecule has 1 aromatic carbocycles. The summed E-state index contributed by atoms with van der Waals surface area (Å²) in [5.41, 5.74) is 2.89. The number of nitrogens with zero attached hydrogens (tertiary/aromatic N) is 2. The lowest BCUT2D eigenvalue weighted by molar-refractivity contribution is 0.283. The van der Waals surface area contributed by atoms with Gasteiger partial charge in [0.15, 0.2) is 0 Å². The van der Waals surface area contributed by atoms with Crippen LogP contribution < -0.4 is 0 Å². The number of benzene rings is 1. The first-order valence-electron chi connectivity index (χ1n) is 6.97. The zero-order valence-corrected chi connectivity index (χ0v) is 12.0. The number of aromatic nitrogens is 2. The third-order valence-corrected chi connectivity index (χ3v) is 6.22. The summed E-state index contributed by atoms with van der Waals surface area (Å²) >= 11 is 2.13. The van der Waals surface area contributed by atoms with E-state index in [0.29, 0.717) is 5.41 Å². The molecule has 1 aromatic heterocycles. The van der Waals surface area contributed by atoms with Crippen LogP contribution in [0.4, 0.5) is 0 Å². The van der Waals surface area contributed by atoms with Gasteiger partial charge in [0.2, 0.25) is 0 Å². The molecule has 2 aliphatic rings. The Morgan fingerprint density at radius 3 is 3.26 bits per heavy atom. The minimum Gasteiger partial charge on any atom is -0.297 e. The van der Waals surface area contributed by atoms with Crippen LogP contribution in [0, 0.1) is 11.3 Å². The van der Waals surface area contributed by atoms with E-state index in [1.165, 1.54) is 35.7 Å². The monoisotopic (exact) mass is 273 g/mol. The highest BCUT2D eigenvalue weighted by Crippen LogP contribution is 2.46. The zero-order chi connectivity index (χ0) is 12.9. The van der Waals surface area contributed by atoms with Gasteiger partial charge in [0.05, 0.1) is 11.2 Å². The van der Waals surface area contributed by atoms with Crippen LogP contribution in [0.25, 0.3) is 10.9 Å². The summed E-state index contributed by atoms with van der Waals surface area (Å²) in [5.74, 6) is 3.56. The minimum atomic E-state index is 0.542. The largest absolute Gasteiger partial charge is 0.297 e. The molecule has 4 heteroatoms. The highest BCUT2D eigenvalue weighted by Gasteiger charge is 2.46. The maximum Gasteiger partial charge on any atom is 0.0924 e. The highest BCUT2D eigenvalue weighted by atomic mass is 32.2.